The lowest BCUT2D eigenvalue weighted by atomic mass is 10.2. The average Bonchev–Trinajstić information content (AvgIpc) is 3.06. The van der Waals surface area contributed by atoms with Crippen molar-refractivity contribution in [3.63, 3.8) is 0 Å². The first-order chi connectivity index (χ1) is 8.16. The summed E-state index contributed by atoms with van der Waals surface area (Å²) in [6, 6.07) is 0. The van der Waals surface area contributed by atoms with Crippen LogP contribution in [0.4, 0.5) is 0 Å². The predicted octanol–water partition coefficient (Wildman–Crippen LogP) is 2.74. The summed E-state index contributed by atoms with van der Waals surface area (Å²) >= 11 is 6.11. The molecule has 0 unspecified atom stereocenters. The van der Waals surface area contributed by atoms with E-state index in [1.807, 2.05) is 13.8 Å². The molecule has 17 heavy (non-hydrogen) atoms. The van der Waals surface area contributed by atoms with Crippen molar-refractivity contribution in [2.45, 2.75) is 39.5 Å². The van der Waals surface area contributed by atoms with Crippen molar-refractivity contribution in [1.29, 1.82) is 0 Å². The van der Waals surface area contributed by atoms with E-state index < -0.39 is 0 Å². The monoisotopic (exact) mass is 250 g/mol. The van der Waals surface area contributed by atoms with Gasteiger partial charge in [-0.25, -0.2) is 0 Å². The minimum Gasteiger partial charge on any atom is -0.196 e. The second-order valence-corrected chi connectivity index (χ2v) is 5.23. The Morgan fingerprint density at radius 1 is 1.24 bits per heavy atom. The molecule has 90 valence electrons. The van der Waals surface area contributed by atoms with E-state index in [2.05, 4.69) is 15.3 Å². The summed E-state index contributed by atoms with van der Waals surface area (Å²) in [5.74, 6) is 1.82. The van der Waals surface area contributed by atoms with Crippen molar-refractivity contribution in [3.8, 4) is 0 Å². The molecule has 1 aliphatic rings. The Bertz CT molecular complexity index is 571. The van der Waals surface area contributed by atoms with Crippen molar-refractivity contribution in [2.75, 3.05) is 0 Å². The molecule has 2 heterocycles. The normalized spacial score (nSPS) is 15.7. The van der Waals surface area contributed by atoms with Gasteiger partial charge in [-0.15, -0.1) is 10.2 Å². The van der Waals surface area contributed by atoms with Gasteiger partial charge in [-0.1, -0.05) is 24.4 Å². The quantitative estimate of drug-likeness (QED) is 0.841. The third-order valence-corrected chi connectivity index (χ3v) is 3.93. The van der Waals surface area contributed by atoms with Gasteiger partial charge in [-0.05, 0) is 31.7 Å². The zero-order valence-corrected chi connectivity index (χ0v) is 10.8. The highest BCUT2D eigenvalue weighted by Gasteiger charge is 2.22. The second-order valence-electron chi connectivity index (χ2n) is 4.87. The first-order valence-electron chi connectivity index (χ1n) is 6.04. The molecule has 0 aromatic carbocycles. The minimum absolute atomic E-state index is 0.544. The van der Waals surface area contributed by atoms with Crippen molar-refractivity contribution in [1.82, 2.24) is 19.8 Å². The highest BCUT2D eigenvalue weighted by atomic mass is 35.5. The molecule has 0 spiro atoms. The minimum atomic E-state index is 0.544. The number of halogens is 1. The number of fused-ring (bicyclic) bond motifs is 1. The van der Waals surface area contributed by atoms with Gasteiger partial charge in [0.15, 0.2) is 16.6 Å². The molecule has 1 saturated carbocycles. The number of hydrogen-bond donors (Lipinski definition) is 0. The highest BCUT2D eigenvalue weighted by molar-refractivity contribution is 6.30. The Morgan fingerprint density at radius 2 is 2.00 bits per heavy atom. The van der Waals surface area contributed by atoms with Crippen molar-refractivity contribution in [2.24, 2.45) is 5.92 Å². The SMILES string of the molecule is Cc1c(Cl)nn2c(CCC3CC3)nnc2c1C. The molecule has 0 aliphatic heterocycles. The van der Waals surface area contributed by atoms with Crippen LogP contribution in [0.15, 0.2) is 0 Å². The van der Waals surface area contributed by atoms with Gasteiger partial charge < -0.3 is 0 Å². The van der Waals surface area contributed by atoms with Gasteiger partial charge >= 0.3 is 0 Å². The zero-order chi connectivity index (χ0) is 12.0. The third kappa shape index (κ3) is 1.90. The van der Waals surface area contributed by atoms with Crippen molar-refractivity contribution < 1.29 is 0 Å². The van der Waals surface area contributed by atoms with E-state index >= 15 is 0 Å². The molecule has 1 fully saturated rings. The lowest BCUT2D eigenvalue weighted by Gasteiger charge is -2.04. The molecule has 2 aromatic rings. The van der Waals surface area contributed by atoms with E-state index in [0.29, 0.717) is 5.15 Å². The van der Waals surface area contributed by atoms with Crippen LogP contribution in [0.25, 0.3) is 5.65 Å². The van der Waals surface area contributed by atoms with E-state index in [1.165, 1.54) is 19.3 Å². The highest BCUT2D eigenvalue weighted by Crippen LogP contribution is 2.33. The Labute approximate surface area is 105 Å². The molecule has 0 bridgehead atoms. The summed E-state index contributed by atoms with van der Waals surface area (Å²) in [7, 11) is 0. The Hall–Kier alpha value is -1.16. The predicted molar refractivity (Wildman–Crippen MR) is 66.3 cm³/mol. The Kier molecular flexibility index (Phi) is 2.54. The smallest absolute Gasteiger partial charge is 0.181 e. The van der Waals surface area contributed by atoms with Crippen LogP contribution in [0, 0.1) is 19.8 Å². The van der Waals surface area contributed by atoms with E-state index in [1.54, 1.807) is 4.52 Å². The van der Waals surface area contributed by atoms with Gasteiger partial charge in [0.2, 0.25) is 0 Å². The first-order valence-corrected chi connectivity index (χ1v) is 6.41. The second kappa shape index (κ2) is 3.95. The lowest BCUT2D eigenvalue weighted by molar-refractivity contribution is 0.675. The summed E-state index contributed by atoms with van der Waals surface area (Å²) in [5.41, 5.74) is 2.88. The third-order valence-electron chi connectivity index (χ3n) is 3.57. The number of aromatic nitrogens is 4. The Balaban J connectivity index is 2.01. The fourth-order valence-electron chi connectivity index (χ4n) is 2.03. The molecule has 1 aliphatic carbocycles. The summed E-state index contributed by atoms with van der Waals surface area (Å²) < 4.78 is 1.80. The molecule has 0 saturated heterocycles. The standard InChI is InChI=1S/C12H15ClN4/c1-7-8(2)12-15-14-10(6-5-9-3-4-9)17(12)16-11(7)13/h9H,3-6H2,1-2H3. The first kappa shape index (κ1) is 11.0. The van der Waals surface area contributed by atoms with Crippen LogP contribution in [-0.4, -0.2) is 19.8 Å². The molecule has 3 rings (SSSR count). The van der Waals surface area contributed by atoms with Crippen LogP contribution in [0.5, 0.6) is 0 Å². The van der Waals surface area contributed by atoms with E-state index in [-0.39, 0.29) is 0 Å². The maximum Gasteiger partial charge on any atom is 0.181 e. The zero-order valence-electron chi connectivity index (χ0n) is 10.1. The summed E-state index contributed by atoms with van der Waals surface area (Å²) in [6.07, 6.45) is 4.86. The summed E-state index contributed by atoms with van der Waals surface area (Å²) in [5, 5.41) is 13.3. The van der Waals surface area contributed by atoms with Gasteiger partial charge in [0.1, 0.15) is 0 Å². The average molecular weight is 251 g/mol. The van der Waals surface area contributed by atoms with E-state index in [0.717, 1.165) is 34.9 Å². The van der Waals surface area contributed by atoms with Gasteiger partial charge in [0, 0.05) is 12.0 Å². The van der Waals surface area contributed by atoms with Crippen molar-refractivity contribution >= 4 is 17.2 Å². The number of aryl methyl sites for hydroxylation is 2. The van der Waals surface area contributed by atoms with Crippen LogP contribution in [-0.2, 0) is 6.42 Å². The molecule has 0 amide bonds. The van der Waals surface area contributed by atoms with Crippen molar-refractivity contribution in [3.05, 3.63) is 22.1 Å². The largest absolute Gasteiger partial charge is 0.196 e. The molecule has 0 radical (unpaired) electrons. The number of nitrogens with zero attached hydrogens (tertiary/aromatic N) is 4. The molecule has 0 N–H and O–H groups in total. The van der Waals surface area contributed by atoms with Crippen LogP contribution in [0.1, 0.15) is 36.2 Å². The lowest BCUT2D eigenvalue weighted by Crippen LogP contribution is -2.03. The Morgan fingerprint density at radius 3 is 2.71 bits per heavy atom. The van der Waals surface area contributed by atoms with Crippen LogP contribution >= 0.6 is 11.6 Å². The fourth-order valence-corrected chi connectivity index (χ4v) is 2.25. The van der Waals surface area contributed by atoms with Gasteiger partial charge in [-0.2, -0.15) is 9.61 Å². The number of rotatable bonds is 3. The summed E-state index contributed by atoms with van der Waals surface area (Å²) in [6.45, 7) is 3.97. The van der Waals surface area contributed by atoms with Crippen LogP contribution in [0.2, 0.25) is 5.15 Å². The van der Waals surface area contributed by atoms with E-state index in [9.17, 15) is 0 Å². The van der Waals surface area contributed by atoms with Gasteiger partial charge in [-0.3, -0.25) is 0 Å². The number of hydrogen-bond acceptors (Lipinski definition) is 3. The van der Waals surface area contributed by atoms with Crippen LogP contribution in [0.3, 0.4) is 0 Å². The molecular weight excluding hydrogens is 236 g/mol. The fraction of sp³-hybridized carbons (Fsp3) is 0.583. The van der Waals surface area contributed by atoms with Crippen LogP contribution < -0.4 is 0 Å². The van der Waals surface area contributed by atoms with Gasteiger partial charge in [0.25, 0.3) is 0 Å². The molecule has 4 nitrogen and oxygen atoms in total. The van der Waals surface area contributed by atoms with E-state index in [4.69, 9.17) is 11.6 Å². The molecule has 0 atom stereocenters. The molecular formula is C12H15ClN4. The van der Waals surface area contributed by atoms with Gasteiger partial charge in [0.05, 0.1) is 0 Å². The topological polar surface area (TPSA) is 43.1 Å². The molecule has 2 aromatic heterocycles. The maximum absolute atomic E-state index is 6.11. The molecule has 5 heteroatoms. The maximum atomic E-state index is 6.11. The summed E-state index contributed by atoms with van der Waals surface area (Å²) in [4.78, 5) is 0.